The summed E-state index contributed by atoms with van der Waals surface area (Å²) >= 11 is 0. The second-order valence-corrected chi connectivity index (χ2v) is 7.43. The van der Waals surface area contributed by atoms with Crippen molar-refractivity contribution >= 4 is 0 Å². The summed E-state index contributed by atoms with van der Waals surface area (Å²) in [6.45, 7) is 11.9. The lowest BCUT2D eigenvalue weighted by atomic mass is 9.72. The summed E-state index contributed by atoms with van der Waals surface area (Å²) in [7, 11) is 2.15. The van der Waals surface area contributed by atoms with Crippen molar-refractivity contribution in [1.82, 2.24) is 5.32 Å². The van der Waals surface area contributed by atoms with Gasteiger partial charge in [0.25, 0.3) is 0 Å². The third-order valence-electron chi connectivity index (χ3n) is 5.00. The van der Waals surface area contributed by atoms with Gasteiger partial charge in [0.05, 0.1) is 0 Å². The van der Waals surface area contributed by atoms with Gasteiger partial charge in [0.15, 0.2) is 0 Å². The molecule has 0 aromatic carbocycles. The molecule has 1 aliphatic carbocycles. The number of nitrogens with one attached hydrogen (secondary N) is 1. The van der Waals surface area contributed by atoms with Crippen LogP contribution >= 0.6 is 0 Å². The summed E-state index contributed by atoms with van der Waals surface area (Å²) < 4.78 is 0. The maximum atomic E-state index is 3.60. The lowest BCUT2D eigenvalue weighted by Crippen LogP contribution is -2.39. The highest BCUT2D eigenvalue weighted by Gasteiger charge is 2.29. The first-order valence-electron chi connectivity index (χ1n) is 7.51. The molecule has 0 aromatic rings. The van der Waals surface area contributed by atoms with Gasteiger partial charge in [0.1, 0.15) is 0 Å². The molecule has 1 saturated carbocycles. The molecule has 102 valence electrons. The van der Waals surface area contributed by atoms with E-state index in [9.17, 15) is 0 Å². The van der Waals surface area contributed by atoms with Crippen molar-refractivity contribution in [2.24, 2.45) is 23.2 Å². The van der Waals surface area contributed by atoms with E-state index in [1.165, 1.54) is 32.1 Å². The van der Waals surface area contributed by atoms with Gasteiger partial charge < -0.3 is 5.32 Å². The van der Waals surface area contributed by atoms with Crippen molar-refractivity contribution in [2.75, 3.05) is 7.05 Å². The third-order valence-corrected chi connectivity index (χ3v) is 5.00. The Labute approximate surface area is 109 Å². The van der Waals surface area contributed by atoms with E-state index in [0.29, 0.717) is 5.41 Å². The Hall–Kier alpha value is -0.0400. The summed E-state index contributed by atoms with van der Waals surface area (Å²) in [5, 5.41) is 3.60. The van der Waals surface area contributed by atoms with Gasteiger partial charge in [-0.05, 0) is 49.5 Å². The molecule has 17 heavy (non-hydrogen) atoms. The smallest absolute Gasteiger partial charge is 0.00951 e. The molecule has 1 fully saturated rings. The van der Waals surface area contributed by atoms with Gasteiger partial charge in [-0.25, -0.2) is 0 Å². The van der Waals surface area contributed by atoms with E-state index < -0.39 is 0 Å². The zero-order valence-corrected chi connectivity index (χ0v) is 12.8. The first kappa shape index (κ1) is 15.0. The third kappa shape index (κ3) is 4.62. The lowest BCUT2D eigenvalue weighted by Gasteiger charge is -2.37. The number of rotatable bonds is 4. The first-order valence-corrected chi connectivity index (χ1v) is 7.51. The molecule has 1 aliphatic rings. The Kier molecular flexibility index (Phi) is 5.50. The highest BCUT2D eigenvalue weighted by molar-refractivity contribution is 4.84. The van der Waals surface area contributed by atoms with Crippen LogP contribution in [0.4, 0.5) is 0 Å². The Bertz CT molecular complexity index is 216. The van der Waals surface area contributed by atoms with E-state index in [-0.39, 0.29) is 0 Å². The molecule has 1 nitrogen and oxygen atoms in total. The van der Waals surface area contributed by atoms with Crippen molar-refractivity contribution < 1.29 is 0 Å². The van der Waals surface area contributed by atoms with Crippen LogP contribution in [0.15, 0.2) is 0 Å². The summed E-state index contributed by atoms with van der Waals surface area (Å²) in [6.07, 6.45) is 7.09. The monoisotopic (exact) mass is 239 g/mol. The van der Waals surface area contributed by atoms with Crippen molar-refractivity contribution in [2.45, 2.75) is 72.8 Å². The van der Waals surface area contributed by atoms with E-state index in [1.54, 1.807) is 0 Å². The molecule has 0 bridgehead atoms. The molecule has 4 atom stereocenters. The summed E-state index contributed by atoms with van der Waals surface area (Å²) in [6, 6.07) is 0.729. The zero-order chi connectivity index (χ0) is 13.1. The largest absolute Gasteiger partial charge is 0.317 e. The van der Waals surface area contributed by atoms with Crippen LogP contribution in [0.3, 0.4) is 0 Å². The molecule has 0 radical (unpaired) electrons. The fourth-order valence-electron chi connectivity index (χ4n) is 3.13. The minimum atomic E-state index is 0.440. The Morgan fingerprint density at radius 3 is 2.35 bits per heavy atom. The molecular weight excluding hydrogens is 206 g/mol. The maximum Gasteiger partial charge on any atom is 0.00951 e. The standard InChI is InChI=1S/C16H33N/c1-12-8-7-9-14(10-12)15(17-6)11-13(2)16(3,4)5/h12-15,17H,7-11H2,1-6H3. The van der Waals surface area contributed by atoms with Gasteiger partial charge in [0, 0.05) is 6.04 Å². The minimum Gasteiger partial charge on any atom is -0.317 e. The van der Waals surface area contributed by atoms with E-state index >= 15 is 0 Å². The Balaban J connectivity index is 2.53. The highest BCUT2D eigenvalue weighted by atomic mass is 14.9. The number of hydrogen-bond donors (Lipinski definition) is 1. The molecule has 0 amide bonds. The van der Waals surface area contributed by atoms with Crippen molar-refractivity contribution in [1.29, 1.82) is 0 Å². The molecule has 0 aliphatic heterocycles. The van der Waals surface area contributed by atoms with Gasteiger partial charge in [-0.3, -0.25) is 0 Å². The first-order chi connectivity index (χ1) is 7.84. The molecule has 0 saturated heterocycles. The van der Waals surface area contributed by atoms with Crippen LogP contribution in [-0.2, 0) is 0 Å². The zero-order valence-electron chi connectivity index (χ0n) is 12.8. The normalized spacial score (nSPS) is 30.0. The molecular formula is C16H33N. The molecule has 4 unspecified atom stereocenters. The predicted octanol–water partition coefficient (Wildman–Crippen LogP) is 4.47. The Morgan fingerprint density at radius 2 is 1.88 bits per heavy atom. The van der Waals surface area contributed by atoms with Crippen LogP contribution in [0.1, 0.15) is 66.7 Å². The van der Waals surface area contributed by atoms with Crippen LogP contribution in [0.2, 0.25) is 0 Å². The molecule has 0 aromatic heterocycles. The predicted molar refractivity (Wildman–Crippen MR) is 77.2 cm³/mol. The molecule has 1 rings (SSSR count). The van der Waals surface area contributed by atoms with Gasteiger partial charge in [-0.1, -0.05) is 47.5 Å². The topological polar surface area (TPSA) is 12.0 Å². The maximum absolute atomic E-state index is 3.60. The van der Waals surface area contributed by atoms with Crippen molar-refractivity contribution in [3.8, 4) is 0 Å². The minimum absolute atomic E-state index is 0.440. The quantitative estimate of drug-likeness (QED) is 0.763. The van der Waals surface area contributed by atoms with E-state index in [2.05, 4.69) is 47.0 Å². The van der Waals surface area contributed by atoms with Gasteiger partial charge >= 0.3 is 0 Å². The summed E-state index contributed by atoms with van der Waals surface area (Å²) in [5.41, 5.74) is 0.440. The van der Waals surface area contributed by atoms with E-state index in [0.717, 1.165) is 23.8 Å². The van der Waals surface area contributed by atoms with E-state index in [4.69, 9.17) is 0 Å². The molecule has 1 N–H and O–H groups in total. The van der Waals surface area contributed by atoms with Crippen LogP contribution in [0.25, 0.3) is 0 Å². The summed E-state index contributed by atoms with van der Waals surface area (Å²) in [5.74, 6) is 2.64. The Morgan fingerprint density at radius 1 is 1.24 bits per heavy atom. The average molecular weight is 239 g/mol. The summed E-state index contributed by atoms with van der Waals surface area (Å²) in [4.78, 5) is 0. The van der Waals surface area contributed by atoms with Gasteiger partial charge in [-0.15, -0.1) is 0 Å². The fourth-order valence-corrected chi connectivity index (χ4v) is 3.13. The van der Waals surface area contributed by atoms with E-state index in [1.807, 2.05) is 0 Å². The molecule has 1 heteroatoms. The van der Waals surface area contributed by atoms with Gasteiger partial charge in [0.2, 0.25) is 0 Å². The SMILES string of the molecule is CNC(CC(C)C(C)(C)C)C1CCCC(C)C1. The highest BCUT2D eigenvalue weighted by Crippen LogP contribution is 2.36. The fraction of sp³-hybridized carbons (Fsp3) is 1.00. The average Bonchev–Trinajstić information content (AvgIpc) is 2.24. The van der Waals surface area contributed by atoms with Crippen LogP contribution in [0, 0.1) is 23.2 Å². The second kappa shape index (κ2) is 6.22. The van der Waals surface area contributed by atoms with Gasteiger partial charge in [-0.2, -0.15) is 0 Å². The van der Waals surface area contributed by atoms with Crippen molar-refractivity contribution in [3.05, 3.63) is 0 Å². The lowest BCUT2D eigenvalue weighted by molar-refractivity contribution is 0.166. The molecule has 0 heterocycles. The van der Waals surface area contributed by atoms with Crippen molar-refractivity contribution in [3.63, 3.8) is 0 Å². The molecule has 0 spiro atoms. The second-order valence-electron chi connectivity index (χ2n) is 7.43. The number of hydrogen-bond acceptors (Lipinski definition) is 1. The van der Waals surface area contributed by atoms with Crippen LogP contribution in [-0.4, -0.2) is 13.1 Å². The van der Waals surface area contributed by atoms with Crippen LogP contribution < -0.4 is 5.32 Å². The van der Waals surface area contributed by atoms with Crippen LogP contribution in [0.5, 0.6) is 0 Å².